The Morgan fingerprint density at radius 3 is 2.94 bits per heavy atom. The molecule has 0 spiro atoms. The SMILES string of the molecule is CC1CN(C)C(CN)CN1Cc1cccnc1. The second-order valence-corrected chi connectivity index (χ2v) is 4.97. The first kappa shape index (κ1) is 12.5. The van der Waals surface area contributed by atoms with Gasteiger partial charge in [-0.2, -0.15) is 0 Å². The number of piperazine rings is 1. The minimum absolute atomic E-state index is 0.475. The summed E-state index contributed by atoms with van der Waals surface area (Å²) in [5, 5.41) is 0. The molecule has 1 fully saturated rings. The zero-order chi connectivity index (χ0) is 12.3. The zero-order valence-corrected chi connectivity index (χ0v) is 10.7. The van der Waals surface area contributed by atoms with Crippen molar-refractivity contribution in [3.8, 4) is 0 Å². The van der Waals surface area contributed by atoms with Crippen molar-refractivity contribution in [1.82, 2.24) is 14.8 Å². The maximum atomic E-state index is 5.81. The summed E-state index contributed by atoms with van der Waals surface area (Å²) in [7, 11) is 2.16. The highest BCUT2D eigenvalue weighted by Gasteiger charge is 2.28. The molecule has 4 heteroatoms. The number of hydrogen-bond donors (Lipinski definition) is 1. The quantitative estimate of drug-likeness (QED) is 0.829. The number of pyridine rings is 1. The van der Waals surface area contributed by atoms with E-state index in [0.717, 1.165) is 26.2 Å². The van der Waals surface area contributed by atoms with E-state index in [0.29, 0.717) is 12.1 Å². The van der Waals surface area contributed by atoms with Crippen LogP contribution in [0.4, 0.5) is 0 Å². The minimum atomic E-state index is 0.475. The van der Waals surface area contributed by atoms with E-state index in [4.69, 9.17) is 5.73 Å². The van der Waals surface area contributed by atoms with Gasteiger partial charge in [0.25, 0.3) is 0 Å². The van der Waals surface area contributed by atoms with Crippen molar-refractivity contribution in [3.63, 3.8) is 0 Å². The molecule has 1 saturated heterocycles. The topological polar surface area (TPSA) is 45.4 Å². The minimum Gasteiger partial charge on any atom is -0.329 e. The van der Waals surface area contributed by atoms with Crippen LogP contribution in [0.1, 0.15) is 12.5 Å². The van der Waals surface area contributed by atoms with Gasteiger partial charge in [-0.15, -0.1) is 0 Å². The van der Waals surface area contributed by atoms with Crippen LogP contribution in [0, 0.1) is 0 Å². The number of nitrogens with zero attached hydrogens (tertiary/aromatic N) is 3. The first-order valence-corrected chi connectivity index (χ1v) is 6.24. The lowest BCUT2D eigenvalue weighted by Crippen LogP contribution is -2.57. The van der Waals surface area contributed by atoms with Crippen molar-refractivity contribution >= 4 is 0 Å². The van der Waals surface area contributed by atoms with E-state index in [1.807, 2.05) is 18.5 Å². The fourth-order valence-electron chi connectivity index (χ4n) is 2.47. The maximum Gasteiger partial charge on any atom is 0.0343 e. The Hall–Kier alpha value is -0.970. The molecule has 1 aliphatic rings. The van der Waals surface area contributed by atoms with Crippen molar-refractivity contribution < 1.29 is 0 Å². The smallest absolute Gasteiger partial charge is 0.0343 e. The zero-order valence-electron chi connectivity index (χ0n) is 10.7. The second-order valence-electron chi connectivity index (χ2n) is 4.97. The lowest BCUT2D eigenvalue weighted by molar-refractivity contribution is 0.0504. The first-order valence-electron chi connectivity index (χ1n) is 6.24. The molecule has 2 unspecified atom stereocenters. The van der Waals surface area contributed by atoms with Crippen molar-refractivity contribution in [3.05, 3.63) is 30.1 Å². The average Bonchev–Trinajstić information content (AvgIpc) is 2.34. The third kappa shape index (κ3) is 3.03. The molecule has 0 amide bonds. The van der Waals surface area contributed by atoms with E-state index in [9.17, 15) is 0 Å². The molecule has 0 radical (unpaired) electrons. The lowest BCUT2D eigenvalue weighted by atomic mass is 10.1. The number of likely N-dealkylation sites (N-methyl/N-ethyl adjacent to an activating group) is 1. The summed E-state index contributed by atoms with van der Waals surface area (Å²) in [5.41, 5.74) is 7.09. The van der Waals surface area contributed by atoms with Crippen LogP contribution in [0.5, 0.6) is 0 Å². The number of nitrogens with two attached hydrogens (primary N) is 1. The summed E-state index contributed by atoms with van der Waals surface area (Å²) < 4.78 is 0. The van der Waals surface area contributed by atoms with Crippen LogP contribution < -0.4 is 5.73 Å². The van der Waals surface area contributed by atoms with Crippen LogP contribution in [0.15, 0.2) is 24.5 Å². The van der Waals surface area contributed by atoms with Crippen LogP contribution in [-0.2, 0) is 6.54 Å². The molecule has 2 N–H and O–H groups in total. The fraction of sp³-hybridized carbons (Fsp3) is 0.615. The molecule has 1 aromatic heterocycles. The van der Waals surface area contributed by atoms with Crippen LogP contribution in [0.25, 0.3) is 0 Å². The molecule has 0 saturated carbocycles. The molecule has 2 atom stereocenters. The van der Waals surface area contributed by atoms with Gasteiger partial charge in [0.15, 0.2) is 0 Å². The fourth-order valence-corrected chi connectivity index (χ4v) is 2.47. The molecule has 94 valence electrons. The molecule has 2 rings (SSSR count). The van der Waals surface area contributed by atoms with Crippen molar-refractivity contribution in [2.24, 2.45) is 5.73 Å². The molecule has 0 bridgehead atoms. The predicted molar refractivity (Wildman–Crippen MR) is 69.6 cm³/mol. The Morgan fingerprint density at radius 2 is 2.29 bits per heavy atom. The van der Waals surface area contributed by atoms with E-state index >= 15 is 0 Å². The highest BCUT2D eigenvalue weighted by atomic mass is 15.3. The summed E-state index contributed by atoms with van der Waals surface area (Å²) in [4.78, 5) is 9.03. The van der Waals surface area contributed by atoms with Gasteiger partial charge in [-0.3, -0.25) is 14.8 Å². The van der Waals surface area contributed by atoms with Gasteiger partial charge in [0.2, 0.25) is 0 Å². The highest BCUT2D eigenvalue weighted by Crippen LogP contribution is 2.15. The van der Waals surface area contributed by atoms with E-state index in [-0.39, 0.29) is 0 Å². The van der Waals surface area contributed by atoms with Gasteiger partial charge in [0.1, 0.15) is 0 Å². The Bertz CT molecular complexity index is 341. The van der Waals surface area contributed by atoms with Crippen molar-refractivity contribution in [1.29, 1.82) is 0 Å². The van der Waals surface area contributed by atoms with Crippen LogP contribution in [0.2, 0.25) is 0 Å². The Labute approximate surface area is 103 Å². The number of aromatic nitrogens is 1. The van der Waals surface area contributed by atoms with Gasteiger partial charge in [-0.25, -0.2) is 0 Å². The number of hydrogen-bond acceptors (Lipinski definition) is 4. The van der Waals surface area contributed by atoms with Crippen LogP contribution >= 0.6 is 0 Å². The summed E-state index contributed by atoms with van der Waals surface area (Å²) >= 11 is 0. The molecule has 0 aromatic carbocycles. The molecule has 0 aliphatic carbocycles. The Balaban J connectivity index is 2.00. The Kier molecular flexibility index (Phi) is 4.10. The standard InChI is InChI=1S/C13H22N4/c1-11-8-16(2)13(6-14)10-17(11)9-12-4-3-5-15-7-12/h3-5,7,11,13H,6,8-10,14H2,1-2H3. The van der Waals surface area contributed by atoms with E-state index in [2.05, 4.69) is 34.8 Å². The molecular formula is C13H22N4. The van der Waals surface area contributed by atoms with Crippen molar-refractivity contribution in [2.75, 3.05) is 26.7 Å². The lowest BCUT2D eigenvalue weighted by Gasteiger charge is -2.43. The normalized spacial score (nSPS) is 27.2. The second kappa shape index (κ2) is 5.58. The van der Waals surface area contributed by atoms with Crippen LogP contribution in [-0.4, -0.2) is 53.5 Å². The summed E-state index contributed by atoms with van der Waals surface area (Å²) in [6.45, 7) is 6.11. The molecule has 2 heterocycles. The maximum absolute atomic E-state index is 5.81. The number of rotatable bonds is 3. The summed E-state index contributed by atoms with van der Waals surface area (Å²) in [6, 6.07) is 5.18. The molecule has 4 nitrogen and oxygen atoms in total. The Morgan fingerprint density at radius 1 is 1.47 bits per heavy atom. The van der Waals surface area contributed by atoms with E-state index in [1.54, 1.807) is 0 Å². The predicted octanol–water partition coefficient (Wildman–Crippen LogP) is 0.545. The summed E-state index contributed by atoms with van der Waals surface area (Å²) in [6.07, 6.45) is 3.77. The van der Waals surface area contributed by atoms with Gasteiger partial charge in [-0.1, -0.05) is 6.07 Å². The highest BCUT2D eigenvalue weighted by molar-refractivity contribution is 5.08. The van der Waals surface area contributed by atoms with Gasteiger partial charge >= 0.3 is 0 Å². The van der Waals surface area contributed by atoms with E-state index < -0.39 is 0 Å². The third-order valence-corrected chi connectivity index (χ3v) is 3.62. The van der Waals surface area contributed by atoms with Gasteiger partial charge in [0.05, 0.1) is 0 Å². The van der Waals surface area contributed by atoms with Gasteiger partial charge in [-0.05, 0) is 25.6 Å². The molecule has 17 heavy (non-hydrogen) atoms. The summed E-state index contributed by atoms with van der Waals surface area (Å²) in [5.74, 6) is 0. The third-order valence-electron chi connectivity index (χ3n) is 3.62. The van der Waals surface area contributed by atoms with Crippen LogP contribution in [0.3, 0.4) is 0 Å². The first-order chi connectivity index (χ1) is 8.20. The molecular weight excluding hydrogens is 212 g/mol. The monoisotopic (exact) mass is 234 g/mol. The largest absolute Gasteiger partial charge is 0.329 e. The molecule has 1 aliphatic heterocycles. The average molecular weight is 234 g/mol. The van der Waals surface area contributed by atoms with Crippen molar-refractivity contribution in [2.45, 2.75) is 25.6 Å². The molecule has 1 aromatic rings. The van der Waals surface area contributed by atoms with E-state index in [1.165, 1.54) is 5.56 Å². The van der Waals surface area contributed by atoms with Gasteiger partial charge in [0, 0.05) is 50.7 Å². The van der Waals surface area contributed by atoms with Gasteiger partial charge < -0.3 is 5.73 Å².